The van der Waals surface area contributed by atoms with Crippen LogP contribution in [0.25, 0.3) is 11.1 Å². The molecule has 7 nitrogen and oxygen atoms in total. The van der Waals surface area contributed by atoms with Crippen molar-refractivity contribution in [2.45, 2.75) is 39.5 Å². The summed E-state index contributed by atoms with van der Waals surface area (Å²) >= 11 is 0. The average Bonchev–Trinajstić information content (AvgIpc) is 3.41. The Morgan fingerprint density at radius 1 is 1.00 bits per heavy atom. The van der Waals surface area contributed by atoms with Gasteiger partial charge in [0.05, 0.1) is 0 Å². The minimum absolute atomic E-state index is 0.0189. The third kappa shape index (κ3) is 4.50. The van der Waals surface area contributed by atoms with E-state index in [0.717, 1.165) is 17.0 Å². The van der Waals surface area contributed by atoms with Crippen molar-refractivity contribution >= 4 is 5.91 Å². The van der Waals surface area contributed by atoms with Gasteiger partial charge < -0.3 is 9.47 Å². The summed E-state index contributed by atoms with van der Waals surface area (Å²) in [5.41, 5.74) is 3.07. The Hall–Kier alpha value is -3.95. The van der Waals surface area contributed by atoms with E-state index in [-0.39, 0.29) is 11.5 Å². The minimum Gasteiger partial charge on any atom is -0.334 e. The fraction of sp³-hybridized carbons (Fsp3) is 0.308. The summed E-state index contributed by atoms with van der Waals surface area (Å²) in [7, 11) is 1.46. The summed E-state index contributed by atoms with van der Waals surface area (Å²) in [6, 6.07) is 5.52. The van der Waals surface area contributed by atoms with Gasteiger partial charge in [-0.05, 0) is 60.2 Å². The number of alkyl halides is 3. The van der Waals surface area contributed by atoms with E-state index in [0.29, 0.717) is 48.3 Å². The number of nitrogens with zero attached hydrogens (tertiary/aromatic N) is 6. The fourth-order valence-electron chi connectivity index (χ4n) is 4.78. The molecule has 0 bridgehead atoms. The van der Waals surface area contributed by atoms with Crippen molar-refractivity contribution in [2.24, 2.45) is 7.05 Å². The quantitative estimate of drug-likeness (QED) is 0.408. The maximum Gasteiger partial charge on any atom is 0.435 e. The molecule has 36 heavy (non-hydrogen) atoms. The van der Waals surface area contributed by atoms with Gasteiger partial charge in [-0.15, -0.1) is 0 Å². The molecule has 0 atom stereocenters. The van der Waals surface area contributed by atoms with Crippen molar-refractivity contribution < 1.29 is 18.0 Å². The molecular weight excluding hydrogens is 469 g/mol. The number of imidazole rings is 1. The largest absolute Gasteiger partial charge is 0.435 e. The number of rotatable bonds is 5. The first-order valence-corrected chi connectivity index (χ1v) is 11.5. The normalized spacial score (nSPS) is 13.8. The smallest absolute Gasteiger partial charge is 0.334 e. The molecule has 1 aromatic carbocycles. The van der Waals surface area contributed by atoms with E-state index in [1.54, 1.807) is 41.8 Å². The van der Waals surface area contributed by atoms with Crippen LogP contribution in [0.2, 0.25) is 0 Å². The van der Waals surface area contributed by atoms with Crippen molar-refractivity contribution in [1.82, 2.24) is 29.2 Å². The summed E-state index contributed by atoms with van der Waals surface area (Å²) in [6.07, 6.45) is 4.14. The average molecular weight is 495 g/mol. The van der Waals surface area contributed by atoms with Crippen LogP contribution in [-0.4, -0.2) is 41.7 Å². The third-order valence-corrected chi connectivity index (χ3v) is 6.43. The maximum atomic E-state index is 13.9. The molecular formula is C26H25F3N6O. The standard InChI is InChI=1S/C26H25F3N6O/c1-16-8-19(12-30-11-16)14-35-6-4-20-21(23-15-33(3)32-24(23)26(27,28)29)9-18(10-22(20)25(35)36)13-34-7-5-31-17(34)2/h5,7-12,15H,4,6,13-14H2,1-3H3. The van der Waals surface area contributed by atoms with Crippen LogP contribution >= 0.6 is 0 Å². The van der Waals surface area contributed by atoms with Crippen LogP contribution in [0.4, 0.5) is 13.2 Å². The van der Waals surface area contributed by atoms with Crippen molar-refractivity contribution in [2.75, 3.05) is 6.54 Å². The molecule has 1 aliphatic rings. The van der Waals surface area contributed by atoms with Crippen LogP contribution in [-0.2, 0) is 32.7 Å². The summed E-state index contributed by atoms with van der Waals surface area (Å²) < 4.78 is 44.7. The molecule has 5 rings (SSSR count). The van der Waals surface area contributed by atoms with Crippen LogP contribution < -0.4 is 0 Å². The number of hydrogen-bond acceptors (Lipinski definition) is 4. The number of fused-ring (bicyclic) bond motifs is 1. The van der Waals surface area contributed by atoms with Crippen LogP contribution in [0.5, 0.6) is 0 Å². The van der Waals surface area contributed by atoms with Gasteiger partial charge in [0.1, 0.15) is 5.82 Å². The number of pyridine rings is 1. The van der Waals surface area contributed by atoms with E-state index in [1.807, 2.05) is 24.5 Å². The molecule has 0 spiro atoms. The van der Waals surface area contributed by atoms with Gasteiger partial charge in [-0.25, -0.2) is 4.98 Å². The number of hydrogen-bond donors (Lipinski definition) is 0. The SMILES string of the molecule is Cc1cncc(CN2CCc3c(cc(Cn4ccnc4C)cc3-c3cn(C)nc3C(F)(F)F)C2=O)c1. The number of amides is 1. The Bertz CT molecular complexity index is 1450. The van der Waals surface area contributed by atoms with Gasteiger partial charge in [0.15, 0.2) is 5.69 Å². The van der Waals surface area contributed by atoms with Gasteiger partial charge >= 0.3 is 6.18 Å². The molecule has 0 N–H and O–H groups in total. The fourth-order valence-corrected chi connectivity index (χ4v) is 4.78. The van der Waals surface area contributed by atoms with E-state index < -0.39 is 11.9 Å². The molecule has 3 aromatic heterocycles. The molecule has 10 heteroatoms. The highest BCUT2D eigenvalue weighted by molar-refractivity contribution is 5.99. The van der Waals surface area contributed by atoms with Gasteiger partial charge in [-0.2, -0.15) is 18.3 Å². The second-order valence-corrected chi connectivity index (χ2v) is 9.18. The predicted octanol–water partition coefficient (Wildman–Crippen LogP) is 4.56. The molecule has 4 aromatic rings. The molecule has 1 amide bonds. The first-order chi connectivity index (χ1) is 17.1. The van der Waals surface area contributed by atoms with E-state index in [9.17, 15) is 18.0 Å². The van der Waals surface area contributed by atoms with Gasteiger partial charge in [0.2, 0.25) is 0 Å². The van der Waals surface area contributed by atoms with Crippen molar-refractivity contribution in [3.63, 3.8) is 0 Å². The number of halogens is 3. The van der Waals surface area contributed by atoms with Crippen LogP contribution in [0.15, 0.2) is 49.2 Å². The van der Waals surface area contributed by atoms with E-state index in [4.69, 9.17) is 0 Å². The van der Waals surface area contributed by atoms with Crippen LogP contribution in [0.1, 0.15) is 44.1 Å². The van der Waals surface area contributed by atoms with Gasteiger partial charge in [-0.1, -0.05) is 6.07 Å². The highest BCUT2D eigenvalue weighted by atomic mass is 19.4. The van der Waals surface area contributed by atoms with Gasteiger partial charge in [0.25, 0.3) is 5.91 Å². The molecule has 0 aliphatic carbocycles. The van der Waals surface area contributed by atoms with Crippen LogP contribution in [0.3, 0.4) is 0 Å². The lowest BCUT2D eigenvalue weighted by Gasteiger charge is -2.30. The lowest BCUT2D eigenvalue weighted by molar-refractivity contribution is -0.140. The molecule has 1 aliphatic heterocycles. The lowest BCUT2D eigenvalue weighted by Crippen LogP contribution is -2.37. The molecule has 4 heterocycles. The molecule has 0 saturated heterocycles. The number of carbonyl (C=O) groups excluding carboxylic acids is 1. The summed E-state index contributed by atoms with van der Waals surface area (Å²) in [5.74, 6) is 0.562. The van der Waals surface area contributed by atoms with Crippen LogP contribution in [0, 0.1) is 13.8 Å². The Kier molecular flexibility index (Phi) is 5.89. The Morgan fingerprint density at radius 3 is 2.47 bits per heavy atom. The molecule has 186 valence electrons. The second-order valence-electron chi connectivity index (χ2n) is 9.18. The highest BCUT2D eigenvalue weighted by Crippen LogP contribution is 2.40. The highest BCUT2D eigenvalue weighted by Gasteiger charge is 2.39. The Balaban J connectivity index is 1.61. The van der Waals surface area contributed by atoms with Crippen molar-refractivity contribution in [3.8, 4) is 11.1 Å². The molecule has 0 fully saturated rings. The van der Waals surface area contributed by atoms with E-state index in [2.05, 4.69) is 15.1 Å². The molecule has 0 unspecified atom stereocenters. The number of carbonyl (C=O) groups is 1. The van der Waals surface area contributed by atoms with Crippen molar-refractivity contribution in [1.29, 1.82) is 0 Å². The number of aromatic nitrogens is 5. The zero-order chi connectivity index (χ0) is 25.6. The first-order valence-electron chi connectivity index (χ1n) is 11.5. The van der Waals surface area contributed by atoms with Gasteiger partial charge in [0, 0.05) is 68.8 Å². The number of benzene rings is 1. The van der Waals surface area contributed by atoms with E-state index in [1.165, 1.54) is 17.9 Å². The first kappa shape index (κ1) is 23.8. The summed E-state index contributed by atoms with van der Waals surface area (Å²) in [6.45, 7) is 4.95. The number of aryl methyl sites for hydroxylation is 3. The summed E-state index contributed by atoms with van der Waals surface area (Å²) in [4.78, 5) is 23.8. The zero-order valence-corrected chi connectivity index (χ0v) is 20.2. The predicted molar refractivity (Wildman–Crippen MR) is 127 cm³/mol. The van der Waals surface area contributed by atoms with Crippen molar-refractivity contribution in [3.05, 3.63) is 88.5 Å². The second kappa shape index (κ2) is 8.92. The third-order valence-electron chi connectivity index (χ3n) is 6.43. The maximum absolute atomic E-state index is 13.9. The zero-order valence-electron chi connectivity index (χ0n) is 20.2. The van der Waals surface area contributed by atoms with E-state index >= 15 is 0 Å². The minimum atomic E-state index is -4.62. The molecule has 0 saturated carbocycles. The Morgan fingerprint density at radius 2 is 1.78 bits per heavy atom. The topological polar surface area (TPSA) is 68.8 Å². The summed E-state index contributed by atoms with van der Waals surface area (Å²) in [5, 5.41) is 3.70. The van der Waals surface area contributed by atoms with Gasteiger partial charge in [-0.3, -0.25) is 14.5 Å². The Labute approximate surface area is 206 Å². The lowest BCUT2D eigenvalue weighted by atomic mass is 9.88. The monoisotopic (exact) mass is 494 g/mol. The molecule has 0 radical (unpaired) electrons.